The zero-order valence-electron chi connectivity index (χ0n) is 19.9. The van der Waals surface area contributed by atoms with E-state index in [-0.39, 0.29) is 0 Å². The van der Waals surface area contributed by atoms with Gasteiger partial charge in [-0.25, -0.2) is 0 Å². The first-order valence-corrected chi connectivity index (χ1v) is 12.4. The third kappa shape index (κ3) is 3.47. The Hall–Kier alpha value is -4.68. The van der Waals surface area contributed by atoms with Crippen LogP contribution in [0.25, 0.3) is 65.7 Å². The van der Waals surface area contributed by atoms with Crippen LogP contribution in [0.4, 0.5) is 0 Å². The Balaban J connectivity index is 1.67. The number of hydrogen-bond donors (Lipinski definition) is 0. The SMILES string of the molecule is c1ccc(-c2cc3cc4cc5ccccc5cc4cc3c(-c3ccccc3)c2-c2ccccc2)cc1. The van der Waals surface area contributed by atoms with Gasteiger partial charge in [0.2, 0.25) is 0 Å². The number of benzene rings is 7. The van der Waals surface area contributed by atoms with Crippen LogP contribution in [0.3, 0.4) is 0 Å². The summed E-state index contributed by atoms with van der Waals surface area (Å²) in [7, 11) is 0. The molecular formula is C36H24. The van der Waals surface area contributed by atoms with Crippen LogP contribution < -0.4 is 0 Å². The molecule has 7 aromatic rings. The van der Waals surface area contributed by atoms with Crippen LogP contribution in [-0.4, -0.2) is 0 Å². The van der Waals surface area contributed by atoms with E-state index in [1.54, 1.807) is 0 Å². The quantitative estimate of drug-likeness (QED) is 0.232. The zero-order chi connectivity index (χ0) is 23.9. The highest BCUT2D eigenvalue weighted by atomic mass is 14.2. The molecule has 0 unspecified atom stereocenters. The molecule has 0 aliphatic rings. The summed E-state index contributed by atoms with van der Waals surface area (Å²) in [6, 6.07) is 52.9. The monoisotopic (exact) mass is 456 g/mol. The number of rotatable bonds is 3. The third-order valence-electron chi connectivity index (χ3n) is 7.17. The standard InChI is InChI=1S/C36H24/c1-4-12-25(13-5-1)33-24-32-22-30-20-28-18-10-11-19-29(28)21-31(30)23-34(32)36(27-16-8-3-9-17-27)35(33)26-14-6-2-7-15-26/h1-24H. The smallest absolute Gasteiger partial charge is 0.00203 e. The van der Waals surface area contributed by atoms with Gasteiger partial charge >= 0.3 is 0 Å². The lowest BCUT2D eigenvalue weighted by molar-refractivity contribution is 1.59. The Morgan fingerprint density at radius 1 is 0.278 bits per heavy atom. The van der Waals surface area contributed by atoms with Crippen LogP contribution in [0, 0.1) is 0 Å². The Bertz CT molecular complexity index is 1850. The molecule has 0 fully saturated rings. The second-order valence-electron chi connectivity index (χ2n) is 9.39. The summed E-state index contributed by atoms with van der Waals surface area (Å²) in [6.07, 6.45) is 0. The Morgan fingerprint density at radius 2 is 0.722 bits per heavy atom. The van der Waals surface area contributed by atoms with Crippen molar-refractivity contribution in [3.8, 4) is 33.4 Å². The second-order valence-corrected chi connectivity index (χ2v) is 9.39. The van der Waals surface area contributed by atoms with Gasteiger partial charge in [-0.2, -0.15) is 0 Å². The van der Waals surface area contributed by atoms with E-state index in [1.165, 1.54) is 65.7 Å². The molecule has 0 aromatic heterocycles. The van der Waals surface area contributed by atoms with Crippen LogP contribution in [0.5, 0.6) is 0 Å². The molecule has 0 heteroatoms. The van der Waals surface area contributed by atoms with E-state index < -0.39 is 0 Å². The van der Waals surface area contributed by atoms with Crippen molar-refractivity contribution >= 4 is 32.3 Å². The summed E-state index contributed by atoms with van der Waals surface area (Å²) in [5, 5.41) is 7.63. The Kier molecular flexibility index (Phi) is 4.89. The molecule has 0 bridgehead atoms. The van der Waals surface area contributed by atoms with Crippen molar-refractivity contribution in [2.75, 3.05) is 0 Å². The second kappa shape index (κ2) is 8.52. The van der Waals surface area contributed by atoms with Crippen molar-refractivity contribution in [3.63, 3.8) is 0 Å². The van der Waals surface area contributed by atoms with E-state index in [0.717, 1.165) is 0 Å². The molecule has 0 aliphatic heterocycles. The van der Waals surface area contributed by atoms with E-state index in [2.05, 4.69) is 146 Å². The first-order chi connectivity index (χ1) is 17.8. The molecule has 168 valence electrons. The first kappa shape index (κ1) is 20.7. The molecule has 7 rings (SSSR count). The fourth-order valence-electron chi connectivity index (χ4n) is 5.50. The maximum absolute atomic E-state index is 2.39. The van der Waals surface area contributed by atoms with E-state index in [9.17, 15) is 0 Å². The predicted molar refractivity (Wildman–Crippen MR) is 155 cm³/mol. The fourth-order valence-corrected chi connectivity index (χ4v) is 5.50. The van der Waals surface area contributed by atoms with Crippen molar-refractivity contribution < 1.29 is 0 Å². The fraction of sp³-hybridized carbons (Fsp3) is 0. The van der Waals surface area contributed by atoms with Crippen molar-refractivity contribution in [2.24, 2.45) is 0 Å². The largest absolute Gasteiger partial charge is 0.0622 e. The lowest BCUT2D eigenvalue weighted by Crippen LogP contribution is -1.93. The van der Waals surface area contributed by atoms with Gasteiger partial charge in [0.1, 0.15) is 0 Å². The maximum Gasteiger partial charge on any atom is -0.00203 e. The van der Waals surface area contributed by atoms with Crippen molar-refractivity contribution in [1.82, 2.24) is 0 Å². The number of fused-ring (bicyclic) bond motifs is 3. The average molecular weight is 457 g/mol. The summed E-state index contributed by atoms with van der Waals surface area (Å²) >= 11 is 0. The highest BCUT2D eigenvalue weighted by molar-refractivity contribution is 6.14. The molecule has 0 saturated heterocycles. The minimum atomic E-state index is 1.23. The van der Waals surface area contributed by atoms with E-state index in [1.807, 2.05) is 0 Å². The van der Waals surface area contributed by atoms with Gasteiger partial charge in [-0.3, -0.25) is 0 Å². The first-order valence-electron chi connectivity index (χ1n) is 12.4. The van der Waals surface area contributed by atoms with Crippen molar-refractivity contribution in [2.45, 2.75) is 0 Å². The lowest BCUT2D eigenvalue weighted by atomic mass is 9.83. The minimum Gasteiger partial charge on any atom is -0.0622 e. The van der Waals surface area contributed by atoms with Gasteiger partial charge in [-0.15, -0.1) is 0 Å². The van der Waals surface area contributed by atoms with E-state index in [4.69, 9.17) is 0 Å². The molecular weight excluding hydrogens is 432 g/mol. The van der Waals surface area contributed by atoms with Gasteiger partial charge in [-0.1, -0.05) is 115 Å². The summed E-state index contributed by atoms with van der Waals surface area (Å²) in [6.45, 7) is 0. The van der Waals surface area contributed by atoms with E-state index >= 15 is 0 Å². The molecule has 0 spiro atoms. The predicted octanol–water partition coefficient (Wildman–Crippen LogP) is 10.1. The van der Waals surface area contributed by atoms with E-state index in [0.29, 0.717) is 0 Å². The molecule has 0 atom stereocenters. The van der Waals surface area contributed by atoms with Gasteiger partial charge in [0.25, 0.3) is 0 Å². The third-order valence-corrected chi connectivity index (χ3v) is 7.17. The van der Waals surface area contributed by atoms with Gasteiger partial charge in [0.05, 0.1) is 0 Å². The average Bonchev–Trinajstić information content (AvgIpc) is 2.95. The summed E-state index contributed by atoms with van der Waals surface area (Å²) in [5.74, 6) is 0. The molecule has 0 saturated carbocycles. The lowest BCUT2D eigenvalue weighted by Gasteiger charge is -2.20. The molecule has 0 radical (unpaired) electrons. The van der Waals surface area contributed by atoms with Crippen LogP contribution in [0.2, 0.25) is 0 Å². The highest BCUT2D eigenvalue weighted by Crippen LogP contribution is 2.45. The molecule has 0 heterocycles. The van der Waals surface area contributed by atoms with Gasteiger partial charge in [0.15, 0.2) is 0 Å². The molecule has 36 heavy (non-hydrogen) atoms. The molecule has 0 aliphatic carbocycles. The molecule has 0 amide bonds. The maximum atomic E-state index is 2.39. The Labute approximate surface area is 211 Å². The normalized spacial score (nSPS) is 11.3. The zero-order valence-corrected chi connectivity index (χ0v) is 19.9. The molecule has 0 N–H and O–H groups in total. The van der Waals surface area contributed by atoms with Crippen molar-refractivity contribution in [1.29, 1.82) is 0 Å². The summed E-state index contributed by atoms with van der Waals surface area (Å²) in [5.41, 5.74) is 7.52. The van der Waals surface area contributed by atoms with Crippen LogP contribution in [0.15, 0.2) is 146 Å². The van der Waals surface area contributed by atoms with Crippen LogP contribution in [-0.2, 0) is 0 Å². The van der Waals surface area contributed by atoms with Gasteiger partial charge < -0.3 is 0 Å². The van der Waals surface area contributed by atoms with Crippen LogP contribution in [0.1, 0.15) is 0 Å². The van der Waals surface area contributed by atoms with Crippen LogP contribution >= 0.6 is 0 Å². The highest BCUT2D eigenvalue weighted by Gasteiger charge is 2.18. The number of hydrogen-bond acceptors (Lipinski definition) is 0. The summed E-state index contributed by atoms with van der Waals surface area (Å²) < 4.78 is 0. The Morgan fingerprint density at radius 3 is 1.31 bits per heavy atom. The topological polar surface area (TPSA) is 0 Å². The minimum absolute atomic E-state index is 1.23. The van der Waals surface area contributed by atoms with Gasteiger partial charge in [0, 0.05) is 0 Å². The van der Waals surface area contributed by atoms with Crippen molar-refractivity contribution in [3.05, 3.63) is 146 Å². The van der Waals surface area contributed by atoms with Gasteiger partial charge in [-0.05, 0) is 96.0 Å². The molecule has 0 nitrogen and oxygen atoms in total. The summed E-state index contributed by atoms with van der Waals surface area (Å²) in [4.78, 5) is 0. The molecule has 7 aromatic carbocycles.